The van der Waals surface area contributed by atoms with E-state index < -0.39 is 0 Å². The first kappa shape index (κ1) is 39.8. The maximum absolute atomic E-state index is 6.08. The van der Waals surface area contributed by atoms with Gasteiger partial charge in [-0.2, -0.15) is 0 Å². The minimum atomic E-state index is 0.780. The number of benzene rings is 1. The third-order valence-corrected chi connectivity index (χ3v) is 9.74. The van der Waals surface area contributed by atoms with Crippen molar-refractivity contribution in [3.63, 3.8) is 0 Å². The molecule has 1 aromatic rings. The average molecular weight is 717 g/mol. The van der Waals surface area contributed by atoms with Crippen LogP contribution in [-0.2, 0) is 0 Å². The van der Waals surface area contributed by atoms with Crippen LogP contribution in [0.1, 0.15) is 194 Å². The highest BCUT2D eigenvalue weighted by Gasteiger charge is 2.09. The van der Waals surface area contributed by atoms with Crippen molar-refractivity contribution in [2.45, 2.75) is 194 Å². The van der Waals surface area contributed by atoms with Gasteiger partial charge < -0.3 is 9.47 Å². The lowest BCUT2D eigenvalue weighted by molar-refractivity contribution is 0.293. The Morgan fingerprint density at radius 3 is 0.810 bits per heavy atom. The Bertz CT molecular complexity index is 649. The molecule has 0 fully saturated rings. The van der Waals surface area contributed by atoms with Gasteiger partial charge in [0.2, 0.25) is 0 Å². The van der Waals surface area contributed by atoms with Crippen LogP contribution in [0.15, 0.2) is 21.1 Å². The normalized spacial score (nSPS) is 11.3. The first-order valence-corrected chi connectivity index (χ1v) is 20.0. The summed E-state index contributed by atoms with van der Waals surface area (Å²) >= 11 is 7.37. The molecule has 0 spiro atoms. The first-order valence-electron chi connectivity index (χ1n) is 18.4. The van der Waals surface area contributed by atoms with Gasteiger partial charge in [0.05, 0.1) is 22.2 Å². The molecule has 2 nitrogen and oxygen atoms in total. The van der Waals surface area contributed by atoms with Crippen LogP contribution < -0.4 is 9.47 Å². The van der Waals surface area contributed by atoms with E-state index in [-0.39, 0.29) is 0 Å². The summed E-state index contributed by atoms with van der Waals surface area (Å²) in [6.45, 7) is 6.15. The summed E-state index contributed by atoms with van der Waals surface area (Å²) < 4.78 is 14.1. The Morgan fingerprint density at radius 2 is 0.571 bits per heavy atom. The highest BCUT2D eigenvalue weighted by Crippen LogP contribution is 2.36. The maximum Gasteiger partial charge on any atom is 0.134 e. The summed E-state index contributed by atoms with van der Waals surface area (Å²) in [6.07, 6.45) is 38.6. The third-order valence-electron chi connectivity index (χ3n) is 8.50. The van der Waals surface area contributed by atoms with Gasteiger partial charge in [-0.3, -0.25) is 0 Å². The SMILES string of the molecule is CCCCCCCCCCCCCCCCOc1cc(Br)c(OCCCCCCCCCCCCCCCC)cc1Br. The van der Waals surface area contributed by atoms with Crippen LogP contribution in [0.4, 0.5) is 0 Å². The zero-order valence-electron chi connectivity index (χ0n) is 27.9. The summed E-state index contributed by atoms with van der Waals surface area (Å²) in [5.41, 5.74) is 0. The second-order valence-electron chi connectivity index (χ2n) is 12.6. The molecule has 0 aliphatic rings. The van der Waals surface area contributed by atoms with E-state index in [4.69, 9.17) is 9.47 Å². The van der Waals surface area contributed by atoms with Crippen LogP contribution in [-0.4, -0.2) is 13.2 Å². The highest BCUT2D eigenvalue weighted by molar-refractivity contribution is 9.11. The van der Waals surface area contributed by atoms with Crippen molar-refractivity contribution in [2.75, 3.05) is 13.2 Å². The van der Waals surface area contributed by atoms with Gasteiger partial charge in [0, 0.05) is 0 Å². The van der Waals surface area contributed by atoms with E-state index in [9.17, 15) is 0 Å². The fourth-order valence-corrected chi connectivity index (χ4v) is 6.56. The Labute approximate surface area is 279 Å². The molecule has 0 saturated heterocycles. The largest absolute Gasteiger partial charge is 0.492 e. The van der Waals surface area contributed by atoms with E-state index in [0.29, 0.717) is 0 Å². The lowest BCUT2D eigenvalue weighted by Crippen LogP contribution is -2.01. The van der Waals surface area contributed by atoms with Gasteiger partial charge in [0.15, 0.2) is 0 Å². The molecule has 0 bridgehead atoms. The molecule has 1 rings (SSSR count). The minimum absolute atomic E-state index is 0.780. The molecule has 0 saturated carbocycles. The van der Waals surface area contributed by atoms with E-state index in [1.165, 1.54) is 167 Å². The predicted octanol–water partition coefficient (Wildman–Crippen LogP) is 14.9. The molecule has 0 heterocycles. The van der Waals surface area contributed by atoms with Crippen molar-refractivity contribution >= 4 is 31.9 Å². The van der Waals surface area contributed by atoms with Gasteiger partial charge in [0.1, 0.15) is 11.5 Å². The minimum Gasteiger partial charge on any atom is -0.492 e. The van der Waals surface area contributed by atoms with Crippen LogP contribution in [0, 0.1) is 0 Å². The van der Waals surface area contributed by atoms with Gasteiger partial charge >= 0.3 is 0 Å². The van der Waals surface area contributed by atoms with E-state index >= 15 is 0 Å². The molecule has 0 aromatic heterocycles. The number of halogens is 2. The Morgan fingerprint density at radius 1 is 0.357 bits per heavy atom. The smallest absolute Gasteiger partial charge is 0.134 e. The molecule has 42 heavy (non-hydrogen) atoms. The van der Waals surface area contributed by atoms with Crippen molar-refractivity contribution < 1.29 is 9.47 Å². The fraction of sp³-hybridized carbons (Fsp3) is 0.842. The van der Waals surface area contributed by atoms with Crippen LogP contribution in [0.2, 0.25) is 0 Å². The lowest BCUT2D eigenvalue weighted by atomic mass is 10.0. The number of unbranched alkanes of at least 4 members (excludes halogenated alkanes) is 26. The highest BCUT2D eigenvalue weighted by atomic mass is 79.9. The van der Waals surface area contributed by atoms with Gasteiger partial charge in [-0.15, -0.1) is 0 Å². The monoisotopic (exact) mass is 714 g/mol. The fourth-order valence-electron chi connectivity index (χ4n) is 5.69. The molecule has 0 N–H and O–H groups in total. The molecule has 0 aliphatic carbocycles. The maximum atomic E-state index is 6.08. The molecule has 1 aromatic carbocycles. The van der Waals surface area contributed by atoms with Crippen molar-refractivity contribution in [2.24, 2.45) is 0 Å². The second kappa shape index (κ2) is 30.8. The van der Waals surface area contributed by atoms with Gasteiger partial charge in [-0.25, -0.2) is 0 Å². The zero-order valence-corrected chi connectivity index (χ0v) is 31.1. The summed E-state index contributed by atoms with van der Waals surface area (Å²) in [5.74, 6) is 1.81. The van der Waals surface area contributed by atoms with E-state index in [1.54, 1.807) is 0 Å². The van der Waals surface area contributed by atoms with E-state index in [1.807, 2.05) is 0 Å². The molecule has 0 aliphatic heterocycles. The topological polar surface area (TPSA) is 18.5 Å². The van der Waals surface area contributed by atoms with Crippen molar-refractivity contribution in [3.05, 3.63) is 21.1 Å². The lowest BCUT2D eigenvalue weighted by Gasteiger charge is -2.13. The number of rotatable bonds is 32. The molecule has 0 unspecified atom stereocenters. The molecule has 246 valence electrons. The Balaban J connectivity index is 1.96. The van der Waals surface area contributed by atoms with E-state index in [2.05, 4.69) is 57.8 Å². The summed E-state index contributed by atoms with van der Waals surface area (Å²) in [7, 11) is 0. The average Bonchev–Trinajstić information content (AvgIpc) is 2.99. The molecule has 0 amide bonds. The Hall–Kier alpha value is -0.220. The number of hydrogen-bond acceptors (Lipinski definition) is 2. The van der Waals surface area contributed by atoms with Crippen LogP contribution >= 0.6 is 31.9 Å². The zero-order chi connectivity index (χ0) is 30.4. The van der Waals surface area contributed by atoms with E-state index in [0.717, 1.165) is 46.5 Å². The van der Waals surface area contributed by atoms with Crippen molar-refractivity contribution in [1.29, 1.82) is 0 Å². The molecular weight excluding hydrogens is 648 g/mol. The molecule has 4 heteroatoms. The summed E-state index contributed by atoms with van der Waals surface area (Å²) in [6, 6.07) is 4.10. The van der Waals surface area contributed by atoms with Crippen molar-refractivity contribution in [3.8, 4) is 11.5 Å². The Kier molecular flexibility index (Phi) is 29.2. The van der Waals surface area contributed by atoms with Crippen LogP contribution in [0.3, 0.4) is 0 Å². The second-order valence-corrected chi connectivity index (χ2v) is 14.3. The molecule has 0 radical (unpaired) electrons. The standard InChI is InChI=1S/C38H68Br2O2/c1-3-5-7-9-11-13-15-17-19-21-23-25-27-29-31-41-37-33-36(40)38(34-35(37)39)42-32-30-28-26-24-22-20-18-16-14-12-10-8-6-4-2/h33-34H,3-32H2,1-2H3. The first-order chi connectivity index (χ1) is 20.7. The number of ether oxygens (including phenoxy) is 2. The summed E-state index contributed by atoms with van der Waals surface area (Å²) in [5, 5.41) is 0. The third kappa shape index (κ3) is 24.1. The summed E-state index contributed by atoms with van der Waals surface area (Å²) in [4.78, 5) is 0. The quantitative estimate of drug-likeness (QED) is 0.0691. The van der Waals surface area contributed by atoms with Gasteiger partial charge in [0.25, 0.3) is 0 Å². The van der Waals surface area contributed by atoms with Gasteiger partial charge in [-0.1, -0.05) is 181 Å². The van der Waals surface area contributed by atoms with Crippen LogP contribution in [0.5, 0.6) is 11.5 Å². The molecule has 0 atom stereocenters. The molecular formula is C38H68Br2O2. The predicted molar refractivity (Wildman–Crippen MR) is 193 cm³/mol. The van der Waals surface area contributed by atoms with Crippen molar-refractivity contribution in [1.82, 2.24) is 0 Å². The van der Waals surface area contributed by atoms with Crippen LogP contribution in [0.25, 0.3) is 0 Å². The van der Waals surface area contributed by atoms with Gasteiger partial charge in [-0.05, 0) is 56.8 Å². The number of hydrogen-bond donors (Lipinski definition) is 0.